The van der Waals surface area contributed by atoms with Gasteiger partial charge in [-0.1, -0.05) is 11.3 Å². The van der Waals surface area contributed by atoms with Crippen LogP contribution in [0.5, 0.6) is 0 Å². The van der Waals surface area contributed by atoms with Gasteiger partial charge in [-0.15, -0.1) is 0 Å². The summed E-state index contributed by atoms with van der Waals surface area (Å²) < 4.78 is 23.2. The van der Waals surface area contributed by atoms with Crippen molar-refractivity contribution in [1.82, 2.24) is 4.90 Å². The standard InChI is InChI=1S/C11H17N3O4S2/c1-12-4-3-5-13(7-6-12)11-9(14(15)16)8-10(19-11)20(2,17)18/h8H,3-7H2,1-2H3. The Morgan fingerprint density at radius 2 is 2.00 bits per heavy atom. The molecular weight excluding hydrogens is 302 g/mol. The van der Waals surface area contributed by atoms with Crippen molar-refractivity contribution in [2.45, 2.75) is 10.6 Å². The molecule has 1 aromatic rings. The normalized spacial score (nSPS) is 18.0. The first-order chi connectivity index (χ1) is 9.29. The van der Waals surface area contributed by atoms with Crippen LogP contribution in [0, 0.1) is 10.1 Å². The quantitative estimate of drug-likeness (QED) is 0.615. The summed E-state index contributed by atoms with van der Waals surface area (Å²) in [7, 11) is -1.41. The predicted molar refractivity (Wildman–Crippen MR) is 78.4 cm³/mol. The SMILES string of the molecule is CN1CCCN(c2sc(S(C)(=O)=O)cc2[N+](=O)[O-])CC1. The summed E-state index contributed by atoms with van der Waals surface area (Å²) in [5, 5.41) is 11.6. The molecule has 7 nitrogen and oxygen atoms in total. The lowest BCUT2D eigenvalue weighted by Crippen LogP contribution is -2.28. The number of likely N-dealkylation sites (N-methyl/N-ethyl adjacent to an activating group) is 1. The minimum absolute atomic E-state index is 0.0526. The van der Waals surface area contributed by atoms with Crippen LogP contribution in [0.2, 0.25) is 0 Å². The number of hydrogen-bond donors (Lipinski definition) is 0. The second-order valence-electron chi connectivity index (χ2n) is 4.93. The van der Waals surface area contributed by atoms with Crippen LogP contribution in [-0.2, 0) is 9.84 Å². The number of nitrogens with zero attached hydrogens (tertiary/aromatic N) is 3. The lowest BCUT2D eigenvalue weighted by Gasteiger charge is -2.19. The number of sulfone groups is 1. The fourth-order valence-electron chi connectivity index (χ4n) is 2.14. The Labute approximate surface area is 121 Å². The monoisotopic (exact) mass is 319 g/mol. The van der Waals surface area contributed by atoms with Gasteiger partial charge in [-0.2, -0.15) is 0 Å². The fraction of sp³-hybridized carbons (Fsp3) is 0.636. The average Bonchev–Trinajstić information content (AvgIpc) is 2.68. The Balaban J connectivity index is 2.39. The highest BCUT2D eigenvalue weighted by Crippen LogP contribution is 2.40. The van der Waals surface area contributed by atoms with Gasteiger partial charge >= 0.3 is 5.69 Å². The highest BCUT2D eigenvalue weighted by molar-refractivity contribution is 7.92. The summed E-state index contributed by atoms with van der Waals surface area (Å²) in [5.74, 6) is 0. The molecule has 0 amide bonds. The molecule has 0 radical (unpaired) electrons. The van der Waals surface area contributed by atoms with Gasteiger partial charge in [0.1, 0.15) is 4.21 Å². The number of hydrogen-bond acceptors (Lipinski definition) is 7. The molecule has 0 bridgehead atoms. The summed E-state index contributed by atoms with van der Waals surface area (Å²) in [4.78, 5) is 14.7. The van der Waals surface area contributed by atoms with Crippen LogP contribution in [0.1, 0.15) is 6.42 Å². The van der Waals surface area contributed by atoms with Gasteiger partial charge in [-0.05, 0) is 20.0 Å². The maximum atomic E-state index is 11.6. The molecule has 0 aliphatic carbocycles. The van der Waals surface area contributed by atoms with Crippen molar-refractivity contribution >= 4 is 31.9 Å². The molecule has 0 N–H and O–H groups in total. The van der Waals surface area contributed by atoms with Crippen LogP contribution in [0.4, 0.5) is 10.7 Å². The van der Waals surface area contributed by atoms with Crippen molar-refractivity contribution in [1.29, 1.82) is 0 Å². The first kappa shape index (κ1) is 15.2. The minimum Gasteiger partial charge on any atom is -0.356 e. The van der Waals surface area contributed by atoms with E-state index in [9.17, 15) is 18.5 Å². The molecule has 0 spiro atoms. The molecule has 0 atom stereocenters. The van der Waals surface area contributed by atoms with Crippen LogP contribution in [0.25, 0.3) is 0 Å². The van der Waals surface area contributed by atoms with Gasteiger partial charge in [0.15, 0.2) is 14.8 Å². The molecule has 0 aromatic carbocycles. The predicted octanol–water partition coefficient (Wildman–Crippen LogP) is 1.20. The van der Waals surface area contributed by atoms with Gasteiger partial charge in [0, 0.05) is 32.0 Å². The molecule has 1 aliphatic heterocycles. The van der Waals surface area contributed by atoms with Crippen molar-refractivity contribution in [3.05, 3.63) is 16.2 Å². The van der Waals surface area contributed by atoms with Crippen molar-refractivity contribution in [2.24, 2.45) is 0 Å². The molecule has 0 saturated carbocycles. The van der Waals surface area contributed by atoms with Crippen LogP contribution in [0.3, 0.4) is 0 Å². The molecule has 1 aromatic heterocycles. The summed E-state index contributed by atoms with van der Waals surface area (Å²) in [6.07, 6.45) is 1.97. The third kappa shape index (κ3) is 3.28. The number of nitro groups is 1. The molecule has 1 aliphatic rings. The van der Waals surface area contributed by atoms with Gasteiger partial charge in [0.05, 0.1) is 4.92 Å². The zero-order valence-corrected chi connectivity index (χ0v) is 13.0. The van der Waals surface area contributed by atoms with E-state index >= 15 is 0 Å². The molecule has 20 heavy (non-hydrogen) atoms. The van der Waals surface area contributed by atoms with E-state index in [0.717, 1.165) is 37.1 Å². The summed E-state index contributed by atoms with van der Waals surface area (Å²) in [6, 6.07) is 1.17. The Hall–Kier alpha value is -1.19. The number of rotatable bonds is 3. The van der Waals surface area contributed by atoms with E-state index in [1.165, 1.54) is 6.07 Å². The van der Waals surface area contributed by atoms with Crippen molar-refractivity contribution in [3.63, 3.8) is 0 Å². The summed E-state index contributed by atoms with van der Waals surface area (Å²) >= 11 is 0.990. The second-order valence-corrected chi connectivity index (χ2v) is 8.20. The van der Waals surface area contributed by atoms with Crippen LogP contribution < -0.4 is 4.90 Å². The first-order valence-electron chi connectivity index (χ1n) is 6.21. The molecule has 9 heteroatoms. The maximum Gasteiger partial charge on any atom is 0.305 e. The molecule has 2 rings (SSSR count). The molecule has 1 fully saturated rings. The van der Waals surface area contributed by atoms with Crippen molar-refractivity contribution in [3.8, 4) is 0 Å². The number of thiophene rings is 1. The van der Waals surface area contributed by atoms with E-state index < -0.39 is 14.8 Å². The van der Waals surface area contributed by atoms with E-state index in [0.29, 0.717) is 18.1 Å². The Morgan fingerprint density at radius 1 is 1.30 bits per heavy atom. The van der Waals surface area contributed by atoms with Gasteiger partial charge in [0.25, 0.3) is 0 Å². The topological polar surface area (TPSA) is 83.8 Å². The molecular formula is C11H17N3O4S2. The fourth-order valence-corrected chi connectivity index (χ4v) is 4.22. The van der Waals surface area contributed by atoms with Crippen LogP contribution in [0.15, 0.2) is 10.3 Å². The lowest BCUT2D eigenvalue weighted by molar-refractivity contribution is -0.383. The van der Waals surface area contributed by atoms with Gasteiger partial charge < -0.3 is 9.80 Å². The Morgan fingerprint density at radius 3 is 2.60 bits per heavy atom. The third-order valence-electron chi connectivity index (χ3n) is 3.24. The molecule has 1 saturated heterocycles. The molecule has 0 unspecified atom stereocenters. The van der Waals surface area contributed by atoms with Crippen LogP contribution >= 0.6 is 11.3 Å². The molecule has 112 valence electrons. The van der Waals surface area contributed by atoms with Gasteiger partial charge in [-0.25, -0.2) is 8.42 Å². The van der Waals surface area contributed by atoms with E-state index in [1.54, 1.807) is 0 Å². The molecule has 2 heterocycles. The first-order valence-corrected chi connectivity index (χ1v) is 8.91. The van der Waals surface area contributed by atoms with Gasteiger partial charge in [0.2, 0.25) is 0 Å². The zero-order chi connectivity index (χ0) is 14.9. The van der Waals surface area contributed by atoms with E-state index in [1.807, 2.05) is 11.9 Å². The van der Waals surface area contributed by atoms with Crippen LogP contribution in [-0.4, -0.2) is 57.7 Å². The van der Waals surface area contributed by atoms with E-state index in [2.05, 4.69) is 4.90 Å². The summed E-state index contributed by atoms with van der Waals surface area (Å²) in [6.45, 7) is 3.12. The highest BCUT2D eigenvalue weighted by atomic mass is 32.2. The summed E-state index contributed by atoms with van der Waals surface area (Å²) in [5.41, 5.74) is -0.111. The zero-order valence-electron chi connectivity index (χ0n) is 11.4. The van der Waals surface area contributed by atoms with E-state index in [-0.39, 0.29) is 9.90 Å². The second kappa shape index (κ2) is 5.66. The average molecular weight is 319 g/mol. The minimum atomic E-state index is -3.42. The Kier molecular flexibility index (Phi) is 4.31. The highest BCUT2D eigenvalue weighted by Gasteiger charge is 2.28. The third-order valence-corrected chi connectivity index (χ3v) is 6.23. The number of anilines is 1. The maximum absolute atomic E-state index is 11.6. The van der Waals surface area contributed by atoms with Crippen molar-refractivity contribution < 1.29 is 13.3 Å². The van der Waals surface area contributed by atoms with Crippen molar-refractivity contribution in [2.75, 3.05) is 44.4 Å². The Bertz CT molecular complexity index is 611. The smallest absolute Gasteiger partial charge is 0.305 e. The lowest BCUT2D eigenvalue weighted by atomic mass is 10.4. The van der Waals surface area contributed by atoms with Gasteiger partial charge in [-0.3, -0.25) is 10.1 Å². The largest absolute Gasteiger partial charge is 0.356 e. The van der Waals surface area contributed by atoms with E-state index in [4.69, 9.17) is 0 Å².